The number of hydrogen-bond acceptors (Lipinski definition) is 2. The zero-order valence-electron chi connectivity index (χ0n) is 8.59. The summed E-state index contributed by atoms with van der Waals surface area (Å²) < 4.78 is 0. The number of nitrogens with two attached hydrogens (primary N) is 1. The number of aromatic nitrogens is 2. The van der Waals surface area contributed by atoms with E-state index in [0.29, 0.717) is 5.82 Å². The van der Waals surface area contributed by atoms with E-state index >= 15 is 0 Å². The fraction of sp³-hybridized carbons (Fsp3) is 0.727. The first-order valence-electron chi connectivity index (χ1n) is 5.56. The van der Waals surface area contributed by atoms with Gasteiger partial charge in [0, 0.05) is 17.2 Å². The highest BCUT2D eigenvalue weighted by Gasteiger charge is 2.41. The highest BCUT2D eigenvalue weighted by molar-refractivity contribution is 5.42. The van der Waals surface area contributed by atoms with E-state index in [1.54, 1.807) is 0 Å². The van der Waals surface area contributed by atoms with Gasteiger partial charge in [-0.1, -0.05) is 6.42 Å². The van der Waals surface area contributed by atoms with E-state index in [0.717, 1.165) is 17.8 Å². The lowest BCUT2D eigenvalue weighted by Crippen LogP contribution is -2.10. The second-order valence-electron chi connectivity index (χ2n) is 4.93. The molecule has 2 fully saturated rings. The maximum Gasteiger partial charge on any atom is 0.148 e. The minimum Gasteiger partial charge on any atom is -0.382 e. The van der Waals surface area contributed by atoms with Crippen molar-refractivity contribution in [2.75, 3.05) is 5.73 Å². The monoisotopic (exact) mass is 191 g/mol. The molecular weight excluding hydrogens is 174 g/mol. The Morgan fingerprint density at radius 2 is 2.21 bits per heavy atom. The summed E-state index contributed by atoms with van der Waals surface area (Å²) in [6.07, 6.45) is 5.65. The van der Waals surface area contributed by atoms with E-state index in [1.807, 2.05) is 0 Å². The molecule has 1 heterocycles. The Labute approximate surface area is 84.1 Å². The summed E-state index contributed by atoms with van der Waals surface area (Å²) in [5.74, 6) is 3.29. The maximum absolute atomic E-state index is 5.76. The van der Waals surface area contributed by atoms with Gasteiger partial charge in [0.1, 0.15) is 5.82 Å². The summed E-state index contributed by atoms with van der Waals surface area (Å²) >= 11 is 0. The summed E-state index contributed by atoms with van der Waals surface area (Å²) in [5.41, 5.74) is 8.26. The highest BCUT2D eigenvalue weighted by atomic mass is 15.2. The van der Waals surface area contributed by atoms with Gasteiger partial charge in [0.2, 0.25) is 0 Å². The predicted molar refractivity (Wildman–Crippen MR) is 55.9 cm³/mol. The second kappa shape index (κ2) is 2.75. The summed E-state index contributed by atoms with van der Waals surface area (Å²) in [6.45, 7) is 2.08. The van der Waals surface area contributed by atoms with Crippen molar-refractivity contribution < 1.29 is 0 Å². The number of fused-ring (bicyclic) bond motifs is 2. The van der Waals surface area contributed by atoms with Gasteiger partial charge in [0.15, 0.2) is 0 Å². The van der Waals surface area contributed by atoms with Gasteiger partial charge in [-0.05, 0) is 38.0 Å². The third kappa shape index (κ3) is 1.01. The average molecular weight is 191 g/mol. The lowest BCUT2D eigenvalue weighted by molar-refractivity contribution is 0.411. The smallest absolute Gasteiger partial charge is 0.148 e. The fourth-order valence-electron chi connectivity index (χ4n) is 3.39. The third-order valence-electron chi connectivity index (χ3n) is 4.19. The van der Waals surface area contributed by atoms with Crippen molar-refractivity contribution in [3.8, 4) is 0 Å². The van der Waals surface area contributed by atoms with Gasteiger partial charge in [-0.25, -0.2) is 0 Å². The maximum atomic E-state index is 5.76. The summed E-state index contributed by atoms with van der Waals surface area (Å²) in [4.78, 5) is 0. The van der Waals surface area contributed by atoms with E-state index in [1.165, 1.54) is 36.9 Å². The molecule has 0 saturated heterocycles. The summed E-state index contributed by atoms with van der Waals surface area (Å²) in [5, 5.41) is 7.22. The van der Waals surface area contributed by atoms with Crippen LogP contribution in [-0.2, 0) is 0 Å². The van der Waals surface area contributed by atoms with Gasteiger partial charge in [0.25, 0.3) is 0 Å². The standard InChI is InChI=1S/C11H17N3/c1-6-10(13-14-11(6)12)9-5-7-2-3-8(9)4-7/h7-9H,2-5H2,1H3,(H3,12,13,14). The largest absolute Gasteiger partial charge is 0.382 e. The van der Waals surface area contributed by atoms with Crippen molar-refractivity contribution in [1.29, 1.82) is 0 Å². The van der Waals surface area contributed by atoms with Crippen molar-refractivity contribution in [3.63, 3.8) is 0 Å². The molecular formula is C11H17N3. The SMILES string of the molecule is Cc1c(N)n[nH]c1C1CC2CCC1C2. The molecule has 76 valence electrons. The predicted octanol–water partition coefficient (Wildman–Crippen LogP) is 2.20. The molecule has 3 heteroatoms. The molecule has 2 aliphatic rings. The molecule has 0 aliphatic heterocycles. The molecule has 1 aromatic rings. The molecule has 3 N–H and O–H groups in total. The van der Waals surface area contributed by atoms with Crippen LogP contribution in [-0.4, -0.2) is 10.2 Å². The number of rotatable bonds is 1. The molecule has 2 saturated carbocycles. The van der Waals surface area contributed by atoms with Crippen molar-refractivity contribution in [2.45, 2.75) is 38.5 Å². The molecule has 14 heavy (non-hydrogen) atoms. The van der Waals surface area contributed by atoms with E-state index < -0.39 is 0 Å². The Kier molecular flexibility index (Phi) is 1.64. The first kappa shape index (κ1) is 8.33. The van der Waals surface area contributed by atoms with Gasteiger partial charge >= 0.3 is 0 Å². The van der Waals surface area contributed by atoms with Crippen LogP contribution in [0.25, 0.3) is 0 Å². The van der Waals surface area contributed by atoms with Gasteiger partial charge in [-0.2, -0.15) is 5.10 Å². The van der Waals surface area contributed by atoms with Crippen LogP contribution in [0.2, 0.25) is 0 Å². The normalized spacial score (nSPS) is 35.4. The topological polar surface area (TPSA) is 54.7 Å². The number of H-pyrrole nitrogens is 1. The van der Waals surface area contributed by atoms with Crippen molar-refractivity contribution in [3.05, 3.63) is 11.3 Å². The van der Waals surface area contributed by atoms with Crippen LogP contribution in [0.5, 0.6) is 0 Å². The molecule has 0 aromatic carbocycles. The number of nitrogens with one attached hydrogen (secondary N) is 1. The van der Waals surface area contributed by atoms with Gasteiger partial charge in [-0.15, -0.1) is 0 Å². The molecule has 2 aliphatic carbocycles. The van der Waals surface area contributed by atoms with Crippen LogP contribution < -0.4 is 5.73 Å². The molecule has 3 unspecified atom stereocenters. The Bertz CT molecular complexity index is 355. The fourth-order valence-corrected chi connectivity index (χ4v) is 3.39. The van der Waals surface area contributed by atoms with Crippen LogP contribution >= 0.6 is 0 Å². The summed E-state index contributed by atoms with van der Waals surface area (Å²) in [6, 6.07) is 0. The number of nitrogen functional groups attached to an aromatic ring is 1. The number of hydrogen-bond donors (Lipinski definition) is 2. The van der Waals surface area contributed by atoms with Crippen LogP contribution in [0.3, 0.4) is 0 Å². The molecule has 1 aromatic heterocycles. The first-order valence-corrected chi connectivity index (χ1v) is 5.56. The van der Waals surface area contributed by atoms with E-state index in [4.69, 9.17) is 5.73 Å². The molecule has 0 radical (unpaired) electrons. The lowest BCUT2D eigenvalue weighted by Gasteiger charge is -2.20. The average Bonchev–Trinajstić information content (AvgIpc) is 2.84. The second-order valence-corrected chi connectivity index (χ2v) is 4.93. The Hall–Kier alpha value is -0.990. The zero-order chi connectivity index (χ0) is 9.71. The van der Waals surface area contributed by atoms with Crippen LogP contribution in [0, 0.1) is 18.8 Å². The molecule has 0 amide bonds. The number of anilines is 1. The van der Waals surface area contributed by atoms with Crippen molar-refractivity contribution >= 4 is 5.82 Å². The molecule has 3 rings (SSSR count). The Morgan fingerprint density at radius 3 is 2.71 bits per heavy atom. The molecule has 0 spiro atoms. The minimum absolute atomic E-state index is 0.683. The minimum atomic E-state index is 0.683. The van der Waals surface area contributed by atoms with Gasteiger partial charge in [-0.3, -0.25) is 5.10 Å². The number of nitrogens with zero attached hydrogens (tertiary/aromatic N) is 1. The highest BCUT2D eigenvalue weighted by Crippen LogP contribution is 2.53. The van der Waals surface area contributed by atoms with Crippen molar-refractivity contribution in [2.24, 2.45) is 11.8 Å². The van der Waals surface area contributed by atoms with E-state index in [-0.39, 0.29) is 0 Å². The van der Waals surface area contributed by atoms with Crippen LogP contribution in [0.15, 0.2) is 0 Å². The Balaban J connectivity index is 1.93. The van der Waals surface area contributed by atoms with Gasteiger partial charge in [0.05, 0.1) is 0 Å². The summed E-state index contributed by atoms with van der Waals surface area (Å²) in [7, 11) is 0. The lowest BCUT2D eigenvalue weighted by atomic mass is 9.85. The van der Waals surface area contributed by atoms with E-state index in [9.17, 15) is 0 Å². The Morgan fingerprint density at radius 1 is 1.36 bits per heavy atom. The number of aromatic amines is 1. The molecule has 3 nitrogen and oxygen atoms in total. The first-order chi connectivity index (χ1) is 6.75. The molecule has 2 bridgehead atoms. The van der Waals surface area contributed by atoms with E-state index in [2.05, 4.69) is 17.1 Å². The molecule has 3 atom stereocenters. The van der Waals surface area contributed by atoms with Gasteiger partial charge < -0.3 is 5.73 Å². The third-order valence-corrected chi connectivity index (χ3v) is 4.19. The zero-order valence-corrected chi connectivity index (χ0v) is 8.59. The van der Waals surface area contributed by atoms with Crippen molar-refractivity contribution in [1.82, 2.24) is 10.2 Å². The quantitative estimate of drug-likeness (QED) is 0.715. The van der Waals surface area contributed by atoms with Crippen LogP contribution in [0.4, 0.5) is 5.82 Å². The van der Waals surface area contributed by atoms with Crippen LogP contribution in [0.1, 0.15) is 42.9 Å².